The number of nitrogens with zero attached hydrogens (tertiary/aromatic N) is 1. The molecule has 2 rings (SSSR count). The Morgan fingerprint density at radius 2 is 2.00 bits per heavy atom. The Hall–Kier alpha value is -1.60. The predicted octanol–water partition coefficient (Wildman–Crippen LogP) is 4.39. The summed E-state index contributed by atoms with van der Waals surface area (Å²) in [5.74, 6) is 1.71. The molecular weight excluding hydrogens is 250 g/mol. The first kappa shape index (κ1) is 14.8. The molecule has 0 spiro atoms. The molecular formula is C17H23NO2. The second-order valence-electron chi connectivity index (χ2n) is 5.87. The maximum Gasteiger partial charge on any atom is 0.235 e. The van der Waals surface area contributed by atoms with E-state index in [1.807, 2.05) is 6.07 Å². The minimum Gasteiger partial charge on any atom is -0.496 e. The van der Waals surface area contributed by atoms with E-state index in [4.69, 9.17) is 4.74 Å². The van der Waals surface area contributed by atoms with Gasteiger partial charge in [-0.15, -0.1) is 0 Å². The molecule has 1 aromatic rings. The molecule has 0 radical (unpaired) electrons. The number of aliphatic imine (C=N–C) groups is 1. The van der Waals surface area contributed by atoms with E-state index in [0.717, 1.165) is 24.2 Å². The number of hydrogen-bond donors (Lipinski definition) is 0. The molecule has 0 amide bonds. The Morgan fingerprint density at radius 3 is 2.55 bits per heavy atom. The lowest BCUT2D eigenvalue weighted by atomic mass is 9.89. The smallest absolute Gasteiger partial charge is 0.235 e. The van der Waals surface area contributed by atoms with Crippen molar-refractivity contribution >= 4 is 6.08 Å². The normalized spacial score (nSPS) is 17.0. The first-order valence-corrected chi connectivity index (χ1v) is 7.42. The van der Waals surface area contributed by atoms with Gasteiger partial charge in [0.2, 0.25) is 6.08 Å². The zero-order valence-corrected chi connectivity index (χ0v) is 12.6. The fourth-order valence-corrected chi connectivity index (χ4v) is 3.10. The average molecular weight is 273 g/mol. The van der Waals surface area contributed by atoms with E-state index in [1.165, 1.54) is 18.4 Å². The number of rotatable bonds is 5. The molecule has 1 atom stereocenters. The molecule has 1 fully saturated rings. The highest BCUT2D eigenvalue weighted by Crippen LogP contribution is 2.42. The number of benzene rings is 1. The third-order valence-electron chi connectivity index (χ3n) is 4.28. The quantitative estimate of drug-likeness (QED) is 0.589. The Balaban J connectivity index is 2.44. The van der Waals surface area contributed by atoms with Crippen LogP contribution in [0.5, 0.6) is 5.75 Å². The Labute approximate surface area is 121 Å². The maximum absolute atomic E-state index is 10.8. The van der Waals surface area contributed by atoms with Crippen molar-refractivity contribution in [1.82, 2.24) is 0 Å². The van der Waals surface area contributed by atoms with Crippen molar-refractivity contribution in [2.45, 2.75) is 51.5 Å². The molecule has 0 aliphatic heterocycles. The fourth-order valence-electron chi connectivity index (χ4n) is 3.10. The van der Waals surface area contributed by atoms with Gasteiger partial charge >= 0.3 is 0 Å². The van der Waals surface area contributed by atoms with Crippen LogP contribution in [0, 0.1) is 5.92 Å². The number of ether oxygens (including phenoxy) is 1. The zero-order chi connectivity index (χ0) is 14.5. The van der Waals surface area contributed by atoms with Gasteiger partial charge in [0, 0.05) is 5.56 Å². The highest BCUT2D eigenvalue weighted by Gasteiger charge is 2.28. The molecule has 1 aliphatic rings. The molecule has 20 heavy (non-hydrogen) atoms. The largest absolute Gasteiger partial charge is 0.496 e. The third kappa shape index (κ3) is 3.10. The van der Waals surface area contributed by atoms with Crippen LogP contribution in [0.25, 0.3) is 0 Å². The molecule has 0 aromatic heterocycles. The summed E-state index contributed by atoms with van der Waals surface area (Å²) in [6.45, 7) is 4.33. The van der Waals surface area contributed by atoms with Gasteiger partial charge in [-0.05, 0) is 42.4 Å². The third-order valence-corrected chi connectivity index (χ3v) is 4.28. The first-order valence-electron chi connectivity index (χ1n) is 7.42. The van der Waals surface area contributed by atoms with Gasteiger partial charge in [0.15, 0.2) is 0 Å². The van der Waals surface area contributed by atoms with Gasteiger partial charge in [0.25, 0.3) is 0 Å². The van der Waals surface area contributed by atoms with Gasteiger partial charge in [-0.25, -0.2) is 4.79 Å². The predicted molar refractivity (Wildman–Crippen MR) is 79.9 cm³/mol. The topological polar surface area (TPSA) is 38.7 Å². The summed E-state index contributed by atoms with van der Waals surface area (Å²) >= 11 is 0. The molecule has 0 heterocycles. The standard InChI is InChI=1S/C17H23NO2/c1-12(2)14-8-9-16(20-3)15(10-14)17(18-11-19)13-6-4-5-7-13/h8-10,12-13,17H,4-7H2,1-3H3. The first-order chi connectivity index (χ1) is 9.67. The van der Waals surface area contributed by atoms with Crippen LogP contribution in [-0.4, -0.2) is 13.2 Å². The fraction of sp³-hybridized carbons (Fsp3) is 0.588. The van der Waals surface area contributed by atoms with Crippen molar-refractivity contribution in [3.63, 3.8) is 0 Å². The summed E-state index contributed by atoms with van der Waals surface area (Å²) in [6.07, 6.45) is 6.47. The molecule has 108 valence electrons. The zero-order valence-electron chi connectivity index (χ0n) is 12.6. The van der Waals surface area contributed by atoms with Gasteiger partial charge in [-0.2, -0.15) is 4.99 Å². The highest BCUT2D eigenvalue weighted by molar-refractivity contribution is 5.43. The number of hydrogen-bond acceptors (Lipinski definition) is 3. The van der Waals surface area contributed by atoms with Crippen LogP contribution in [0.2, 0.25) is 0 Å². The van der Waals surface area contributed by atoms with E-state index in [-0.39, 0.29) is 6.04 Å². The van der Waals surface area contributed by atoms with E-state index >= 15 is 0 Å². The van der Waals surface area contributed by atoms with E-state index in [2.05, 4.69) is 31.0 Å². The van der Waals surface area contributed by atoms with Crippen LogP contribution < -0.4 is 4.74 Å². The van der Waals surface area contributed by atoms with Gasteiger partial charge in [-0.3, -0.25) is 0 Å². The Bertz CT molecular complexity index is 498. The molecule has 0 bridgehead atoms. The molecule has 1 unspecified atom stereocenters. The van der Waals surface area contributed by atoms with Crippen LogP contribution >= 0.6 is 0 Å². The Kier molecular flexibility index (Phi) is 4.97. The van der Waals surface area contributed by atoms with Crippen LogP contribution in [-0.2, 0) is 4.79 Å². The summed E-state index contributed by atoms with van der Waals surface area (Å²) in [6, 6.07) is 6.12. The summed E-state index contributed by atoms with van der Waals surface area (Å²) in [5.41, 5.74) is 2.29. The highest BCUT2D eigenvalue weighted by atomic mass is 16.5. The van der Waals surface area contributed by atoms with Gasteiger partial charge < -0.3 is 4.74 Å². The molecule has 3 nitrogen and oxygen atoms in total. The van der Waals surface area contributed by atoms with E-state index in [1.54, 1.807) is 13.2 Å². The molecule has 1 saturated carbocycles. The molecule has 0 saturated heterocycles. The van der Waals surface area contributed by atoms with Crippen LogP contribution in [0.15, 0.2) is 23.2 Å². The Morgan fingerprint density at radius 1 is 1.30 bits per heavy atom. The van der Waals surface area contributed by atoms with Gasteiger partial charge in [0.05, 0.1) is 13.2 Å². The minimum atomic E-state index is -0.108. The van der Waals surface area contributed by atoms with Crippen molar-refractivity contribution in [3.05, 3.63) is 29.3 Å². The van der Waals surface area contributed by atoms with Crippen molar-refractivity contribution in [2.24, 2.45) is 10.9 Å². The van der Waals surface area contributed by atoms with Crippen LogP contribution in [0.3, 0.4) is 0 Å². The molecule has 1 aliphatic carbocycles. The monoisotopic (exact) mass is 273 g/mol. The summed E-state index contributed by atoms with van der Waals surface area (Å²) in [7, 11) is 1.67. The van der Waals surface area contributed by atoms with Crippen molar-refractivity contribution < 1.29 is 9.53 Å². The van der Waals surface area contributed by atoms with E-state index in [9.17, 15) is 4.79 Å². The van der Waals surface area contributed by atoms with Gasteiger partial charge in [0.1, 0.15) is 5.75 Å². The van der Waals surface area contributed by atoms with Crippen LogP contribution in [0.1, 0.15) is 62.6 Å². The number of methoxy groups -OCH3 is 1. The lowest BCUT2D eigenvalue weighted by Gasteiger charge is -2.22. The van der Waals surface area contributed by atoms with E-state index < -0.39 is 0 Å². The van der Waals surface area contributed by atoms with Crippen molar-refractivity contribution in [2.75, 3.05) is 7.11 Å². The molecule has 1 aromatic carbocycles. The lowest BCUT2D eigenvalue weighted by molar-refractivity contribution is 0.384. The van der Waals surface area contributed by atoms with Gasteiger partial charge in [-0.1, -0.05) is 32.8 Å². The maximum atomic E-state index is 10.8. The second kappa shape index (κ2) is 6.71. The van der Waals surface area contributed by atoms with Crippen LogP contribution in [0.4, 0.5) is 0 Å². The second-order valence-corrected chi connectivity index (χ2v) is 5.87. The number of carbonyl (C=O) groups excluding carboxylic acids is 1. The summed E-state index contributed by atoms with van der Waals surface area (Å²) in [4.78, 5) is 14.9. The van der Waals surface area contributed by atoms with Crippen molar-refractivity contribution in [1.29, 1.82) is 0 Å². The SMILES string of the molecule is COc1ccc(C(C)C)cc1C(N=C=O)C1CCCC1. The molecule has 3 heteroatoms. The van der Waals surface area contributed by atoms with E-state index in [0.29, 0.717) is 11.8 Å². The average Bonchev–Trinajstić information content (AvgIpc) is 2.98. The number of isocyanates is 1. The lowest BCUT2D eigenvalue weighted by Crippen LogP contribution is -2.10. The summed E-state index contributed by atoms with van der Waals surface area (Å²) in [5, 5.41) is 0. The van der Waals surface area contributed by atoms with Crippen molar-refractivity contribution in [3.8, 4) is 5.75 Å². The summed E-state index contributed by atoms with van der Waals surface area (Å²) < 4.78 is 5.48. The molecule has 0 N–H and O–H groups in total. The minimum absolute atomic E-state index is 0.108.